The van der Waals surface area contributed by atoms with Gasteiger partial charge in [-0.15, -0.1) is 0 Å². The predicted octanol–water partition coefficient (Wildman–Crippen LogP) is 3.22. The summed E-state index contributed by atoms with van der Waals surface area (Å²) in [6.07, 6.45) is 2.87. The Labute approximate surface area is 164 Å². The Morgan fingerprint density at radius 3 is 2.39 bits per heavy atom. The van der Waals surface area contributed by atoms with Crippen LogP contribution in [0.5, 0.6) is 0 Å². The van der Waals surface area contributed by atoms with E-state index in [-0.39, 0.29) is 16.8 Å². The van der Waals surface area contributed by atoms with Crippen LogP contribution in [0, 0.1) is 10.1 Å². The maximum absolute atomic E-state index is 12.6. The molecular weight excluding hydrogens is 380 g/mol. The molecule has 0 atom stereocenters. The van der Waals surface area contributed by atoms with E-state index in [0.29, 0.717) is 4.90 Å². The third kappa shape index (κ3) is 4.71. The van der Waals surface area contributed by atoms with Crippen molar-refractivity contribution in [2.24, 2.45) is 0 Å². The summed E-state index contributed by atoms with van der Waals surface area (Å²) in [6, 6.07) is 16.4. The predicted molar refractivity (Wildman–Crippen MR) is 103 cm³/mol. The lowest BCUT2D eigenvalue weighted by Gasteiger charge is -2.11. The molecule has 0 saturated heterocycles. The largest absolute Gasteiger partial charge is 0.271 e. The van der Waals surface area contributed by atoms with E-state index in [1.807, 2.05) is 30.3 Å². The van der Waals surface area contributed by atoms with Crippen LogP contribution in [0.1, 0.15) is 20.7 Å². The first-order chi connectivity index (χ1) is 13.5. The average molecular weight is 394 g/mol. The molecule has 140 valence electrons. The van der Waals surface area contributed by atoms with Crippen molar-refractivity contribution in [2.45, 2.75) is 9.79 Å². The van der Waals surface area contributed by atoms with Gasteiger partial charge in [0, 0.05) is 34.3 Å². The minimum atomic E-state index is -0.667. The Hall–Kier alpha value is -3.72. The number of rotatable bonds is 5. The number of nitrogens with zero attached hydrogens (tertiary/aromatic N) is 2. The van der Waals surface area contributed by atoms with Crippen LogP contribution in [0.25, 0.3) is 0 Å². The smallest absolute Gasteiger partial charge is 0.267 e. The molecule has 2 N–H and O–H groups in total. The highest BCUT2D eigenvalue weighted by atomic mass is 32.2. The van der Waals surface area contributed by atoms with Gasteiger partial charge in [0.15, 0.2) is 0 Å². The zero-order valence-electron chi connectivity index (χ0n) is 14.4. The molecule has 28 heavy (non-hydrogen) atoms. The number of amides is 2. The van der Waals surface area contributed by atoms with Crippen LogP contribution >= 0.6 is 11.8 Å². The average Bonchev–Trinajstić information content (AvgIpc) is 2.73. The number of non-ortho nitro benzene ring substituents is 1. The summed E-state index contributed by atoms with van der Waals surface area (Å²) in [5, 5.41) is 11.1. The van der Waals surface area contributed by atoms with Crippen molar-refractivity contribution in [3.63, 3.8) is 0 Å². The molecule has 2 amide bonds. The Balaban J connectivity index is 1.81. The van der Waals surface area contributed by atoms with E-state index >= 15 is 0 Å². The van der Waals surface area contributed by atoms with E-state index in [2.05, 4.69) is 15.8 Å². The lowest BCUT2D eigenvalue weighted by molar-refractivity contribution is -0.384. The number of hydrogen-bond donors (Lipinski definition) is 2. The molecule has 1 heterocycles. The second-order valence-corrected chi connectivity index (χ2v) is 6.62. The second-order valence-electron chi connectivity index (χ2n) is 5.50. The fourth-order valence-corrected chi connectivity index (χ4v) is 3.21. The van der Waals surface area contributed by atoms with Gasteiger partial charge in [-0.2, -0.15) is 0 Å². The quantitative estimate of drug-likeness (QED) is 0.507. The van der Waals surface area contributed by atoms with Crippen LogP contribution in [0.2, 0.25) is 0 Å². The van der Waals surface area contributed by atoms with Crippen molar-refractivity contribution < 1.29 is 14.5 Å². The van der Waals surface area contributed by atoms with Crippen molar-refractivity contribution >= 4 is 29.3 Å². The molecule has 0 saturated carbocycles. The van der Waals surface area contributed by atoms with Gasteiger partial charge in [-0.25, -0.2) is 0 Å². The second kappa shape index (κ2) is 8.78. The summed E-state index contributed by atoms with van der Waals surface area (Å²) in [5.74, 6) is -1.22. The van der Waals surface area contributed by atoms with E-state index in [1.165, 1.54) is 42.4 Å². The first kappa shape index (κ1) is 19.1. The third-order valence-corrected chi connectivity index (χ3v) is 4.69. The number of hydrogen-bond acceptors (Lipinski definition) is 6. The van der Waals surface area contributed by atoms with Crippen LogP contribution < -0.4 is 10.9 Å². The summed E-state index contributed by atoms with van der Waals surface area (Å²) in [6.45, 7) is 0. The monoisotopic (exact) mass is 394 g/mol. The molecular formula is C19H14N4O4S. The van der Waals surface area contributed by atoms with Crippen LogP contribution in [0.15, 0.2) is 82.8 Å². The molecule has 0 bridgehead atoms. The summed E-state index contributed by atoms with van der Waals surface area (Å²) >= 11 is 1.29. The van der Waals surface area contributed by atoms with Gasteiger partial charge in [-0.3, -0.25) is 35.5 Å². The fraction of sp³-hybridized carbons (Fsp3) is 0. The van der Waals surface area contributed by atoms with E-state index in [9.17, 15) is 19.7 Å². The van der Waals surface area contributed by atoms with Crippen LogP contribution in [-0.2, 0) is 0 Å². The standard InChI is InChI=1S/C19H14N4O4S/c24-18(13-5-4-10-20-12-13)21-22-19(25)16-11-14(23(26)27)8-9-17(16)28-15-6-2-1-3-7-15/h1-12H,(H,21,24)(H,22,25). The Kier molecular flexibility index (Phi) is 5.97. The van der Waals surface area contributed by atoms with Gasteiger partial charge >= 0.3 is 0 Å². The van der Waals surface area contributed by atoms with Crippen molar-refractivity contribution in [3.8, 4) is 0 Å². The Morgan fingerprint density at radius 2 is 1.71 bits per heavy atom. The SMILES string of the molecule is O=C(NNC(=O)c1cc([N+](=O)[O-])ccc1Sc1ccccc1)c1cccnc1. The van der Waals surface area contributed by atoms with E-state index < -0.39 is 16.7 Å². The normalized spacial score (nSPS) is 10.1. The summed E-state index contributed by atoms with van der Waals surface area (Å²) in [5.41, 5.74) is 4.69. The first-order valence-electron chi connectivity index (χ1n) is 8.06. The summed E-state index contributed by atoms with van der Waals surface area (Å²) in [4.78, 5) is 40.4. The molecule has 1 aromatic heterocycles. The van der Waals surface area contributed by atoms with Crippen LogP contribution in [0.3, 0.4) is 0 Å². The Bertz CT molecular complexity index is 1010. The highest BCUT2D eigenvalue weighted by Crippen LogP contribution is 2.32. The highest BCUT2D eigenvalue weighted by molar-refractivity contribution is 7.99. The van der Waals surface area contributed by atoms with Gasteiger partial charge in [0.25, 0.3) is 17.5 Å². The van der Waals surface area contributed by atoms with E-state index in [4.69, 9.17) is 0 Å². The molecule has 8 nitrogen and oxygen atoms in total. The maximum Gasteiger partial charge on any atom is 0.271 e. The highest BCUT2D eigenvalue weighted by Gasteiger charge is 2.18. The number of aromatic nitrogens is 1. The number of nitro groups is 1. The van der Waals surface area contributed by atoms with Gasteiger partial charge < -0.3 is 0 Å². The molecule has 0 spiro atoms. The number of benzene rings is 2. The van der Waals surface area contributed by atoms with Gasteiger partial charge in [0.05, 0.1) is 16.1 Å². The van der Waals surface area contributed by atoms with E-state index in [1.54, 1.807) is 12.1 Å². The lowest BCUT2D eigenvalue weighted by atomic mass is 10.2. The fourth-order valence-electron chi connectivity index (χ4n) is 2.26. The molecule has 3 rings (SSSR count). The number of carbonyl (C=O) groups is 2. The minimum Gasteiger partial charge on any atom is -0.267 e. The molecule has 0 unspecified atom stereocenters. The van der Waals surface area contributed by atoms with E-state index in [0.717, 1.165) is 4.90 Å². The zero-order valence-corrected chi connectivity index (χ0v) is 15.2. The van der Waals surface area contributed by atoms with Gasteiger partial charge in [-0.1, -0.05) is 30.0 Å². The zero-order chi connectivity index (χ0) is 19.9. The summed E-state index contributed by atoms with van der Waals surface area (Å²) in [7, 11) is 0. The lowest BCUT2D eigenvalue weighted by Crippen LogP contribution is -2.41. The molecule has 2 aromatic carbocycles. The summed E-state index contributed by atoms with van der Waals surface area (Å²) < 4.78 is 0. The number of pyridine rings is 1. The number of hydrazine groups is 1. The molecule has 9 heteroatoms. The maximum atomic E-state index is 12.6. The topological polar surface area (TPSA) is 114 Å². The molecule has 3 aromatic rings. The van der Waals surface area contributed by atoms with Crippen molar-refractivity contribution in [1.82, 2.24) is 15.8 Å². The first-order valence-corrected chi connectivity index (χ1v) is 8.88. The molecule has 0 aliphatic carbocycles. The number of carbonyl (C=O) groups excluding carboxylic acids is 2. The van der Waals surface area contributed by atoms with Gasteiger partial charge in [-0.05, 0) is 30.3 Å². The number of nitro benzene ring substituents is 1. The molecule has 0 aliphatic heterocycles. The van der Waals surface area contributed by atoms with Gasteiger partial charge in [0.2, 0.25) is 0 Å². The number of nitrogens with one attached hydrogen (secondary N) is 2. The van der Waals surface area contributed by atoms with Crippen molar-refractivity contribution in [3.05, 3.63) is 94.3 Å². The van der Waals surface area contributed by atoms with Gasteiger partial charge in [0.1, 0.15) is 0 Å². The van der Waals surface area contributed by atoms with Crippen molar-refractivity contribution in [1.29, 1.82) is 0 Å². The minimum absolute atomic E-state index is 0.0783. The molecule has 0 radical (unpaired) electrons. The van der Waals surface area contributed by atoms with Crippen molar-refractivity contribution in [2.75, 3.05) is 0 Å². The molecule has 0 fully saturated rings. The van der Waals surface area contributed by atoms with Crippen LogP contribution in [-0.4, -0.2) is 21.7 Å². The Morgan fingerprint density at radius 1 is 0.964 bits per heavy atom. The molecule has 0 aliphatic rings. The third-order valence-electron chi connectivity index (χ3n) is 3.60. The van der Waals surface area contributed by atoms with Crippen LogP contribution in [0.4, 0.5) is 5.69 Å².